The van der Waals surface area contributed by atoms with Crippen molar-refractivity contribution in [2.45, 2.75) is 6.92 Å². The van der Waals surface area contributed by atoms with Gasteiger partial charge in [0.1, 0.15) is 0 Å². The first kappa shape index (κ1) is 10.3. The average molecular weight is 218 g/mol. The Hall–Kier alpha value is -2.21. The molecule has 1 aromatic carbocycles. The molecule has 2 N–H and O–H groups in total. The number of hydrogen-bond acceptors (Lipinski definition) is 4. The van der Waals surface area contributed by atoms with Gasteiger partial charge in [-0.05, 0) is 19.1 Å². The van der Waals surface area contributed by atoms with Crippen LogP contribution in [0.2, 0.25) is 0 Å². The fourth-order valence-electron chi connectivity index (χ4n) is 1.32. The van der Waals surface area contributed by atoms with Crippen molar-refractivity contribution < 1.29 is 10.0 Å². The number of hydrogen-bond donors (Lipinski definition) is 2. The highest BCUT2D eigenvalue weighted by Crippen LogP contribution is 2.07. The molecule has 0 atom stereocenters. The van der Waals surface area contributed by atoms with Gasteiger partial charge in [-0.1, -0.05) is 18.2 Å². The van der Waals surface area contributed by atoms with Crippen molar-refractivity contribution in [1.29, 1.82) is 0 Å². The summed E-state index contributed by atoms with van der Waals surface area (Å²) < 4.78 is 0. The molecule has 6 heteroatoms. The van der Waals surface area contributed by atoms with E-state index in [4.69, 9.17) is 5.21 Å². The summed E-state index contributed by atoms with van der Waals surface area (Å²) in [4.78, 5) is 12.5. The molecule has 0 radical (unpaired) electrons. The molecular formula is C10H10N4O2. The standard InChI is InChI=1S/C10H10N4O2/c1-7-9(10(15)13-16)12-14(11-7)8-5-3-2-4-6-8/h2-6,16H,1H3,(H,13,15). The van der Waals surface area contributed by atoms with Gasteiger partial charge in [0.05, 0.1) is 11.4 Å². The monoisotopic (exact) mass is 218 g/mol. The number of nitrogens with zero attached hydrogens (tertiary/aromatic N) is 3. The summed E-state index contributed by atoms with van der Waals surface area (Å²) in [5, 5.41) is 16.6. The first-order valence-corrected chi connectivity index (χ1v) is 4.66. The minimum Gasteiger partial charge on any atom is -0.288 e. The predicted molar refractivity (Wildman–Crippen MR) is 55.3 cm³/mol. The third-order valence-corrected chi connectivity index (χ3v) is 2.09. The maximum Gasteiger partial charge on any atom is 0.297 e. The number of carbonyl (C=O) groups is 1. The van der Waals surface area contributed by atoms with E-state index in [-0.39, 0.29) is 5.69 Å². The molecule has 1 aromatic heterocycles. The van der Waals surface area contributed by atoms with Crippen LogP contribution < -0.4 is 5.48 Å². The van der Waals surface area contributed by atoms with Gasteiger partial charge in [-0.3, -0.25) is 10.0 Å². The van der Waals surface area contributed by atoms with Gasteiger partial charge < -0.3 is 0 Å². The van der Waals surface area contributed by atoms with E-state index >= 15 is 0 Å². The van der Waals surface area contributed by atoms with Gasteiger partial charge in [-0.15, -0.1) is 5.10 Å². The SMILES string of the molecule is Cc1nn(-c2ccccc2)nc1C(=O)NO. The zero-order valence-electron chi connectivity index (χ0n) is 8.58. The van der Waals surface area contributed by atoms with Gasteiger partial charge in [-0.2, -0.15) is 9.90 Å². The van der Waals surface area contributed by atoms with Crippen LogP contribution in [0.4, 0.5) is 0 Å². The van der Waals surface area contributed by atoms with E-state index in [0.717, 1.165) is 5.69 Å². The highest BCUT2D eigenvalue weighted by molar-refractivity contribution is 5.92. The van der Waals surface area contributed by atoms with Gasteiger partial charge in [0.2, 0.25) is 0 Å². The zero-order chi connectivity index (χ0) is 11.5. The summed E-state index contributed by atoms with van der Waals surface area (Å²) in [7, 11) is 0. The molecule has 0 aliphatic rings. The molecule has 0 aliphatic heterocycles. The molecule has 2 rings (SSSR count). The quantitative estimate of drug-likeness (QED) is 0.574. The molecule has 0 unspecified atom stereocenters. The highest BCUT2D eigenvalue weighted by atomic mass is 16.5. The first-order valence-electron chi connectivity index (χ1n) is 4.66. The molecule has 6 nitrogen and oxygen atoms in total. The Balaban J connectivity index is 2.42. The summed E-state index contributed by atoms with van der Waals surface area (Å²) >= 11 is 0. The van der Waals surface area contributed by atoms with Crippen LogP contribution in [0.3, 0.4) is 0 Å². The summed E-state index contributed by atoms with van der Waals surface area (Å²) in [5.41, 5.74) is 2.84. The van der Waals surface area contributed by atoms with Gasteiger partial charge in [0.25, 0.3) is 5.91 Å². The van der Waals surface area contributed by atoms with Gasteiger partial charge in [0.15, 0.2) is 5.69 Å². The molecule has 82 valence electrons. The fraction of sp³-hybridized carbons (Fsp3) is 0.100. The number of rotatable bonds is 2. The van der Waals surface area contributed by atoms with Gasteiger partial charge in [-0.25, -0.2) is 5.48 Å². The van der Waals surface area contributed by atoms with E-state index in [2.05, 4.69) is 10.2 Å². The van der Waals surface area contributed by atoms with Crippen LogP contribution in [-0.2, 0) is 0 Å². The number of aryl methyl sites for hydroxylation is 1. The molecule has 1 heterocycles. The number of carbonyl (C=O) groups excluding carboxylic acids is 1. The molecule has 1 amide bonds. The van der Waals surface area contributed by atoms with Crippen molar-refractivity contribution in [2.75, 3.05) is 0 Å². The highest BCUT2D eigenvalue weighted by Gasteiger charge is 2.15. The average Bonchev–Trinajstić information content (AvgIpc) is 2.71. The van der Waals surface area contributed by atoms with Crippen LogP contribution in [0, 0.1) is 6.92 Å². The van der Waals surface area contributed by atoms with Crippen molar-refractivity contribution in [2.24, 2.45) is 0 Å². The van der Waals surface area contributed by atoms with Crippen molar-refractivity contribution in [3.63, 3.8) is 0 Å². The number of hydroxylamine groups is 1. The number of aromatic nitrogens is 3. The lowest BCUT2D eigenvalue weighted by molar-refractivity contribution is 0.0699. The van der Waals surface area contributed by atoms with Crippen LogP contribution in [-0.4, -0.2) is 26.1 Å². The molecule has 0 bridgehead atoms. The normalized spacial score (nSPS) is 10.1. The summed E-state index contributed by atoms with van der Waals surface area (Å²) in [6, 6.07) is 9.21. The minimum absolute atomic E-state index is 0.103. The Morgan fingerprint density at radius 1 is 1.31 bits per heavy atom. The van der Waals surface area contributed by atoms with Crippen molar-refractivity contribution in [1.82, 2.24) is 20.5 Å². The van der Waals surface area contributed by atoms with E-state index in [1.165, 1.54) is 10.3 Å². The van der Waals surface area contributed by atoms with E-state index in [1.807, 2.05) is 30.3 Å². The summed E-state index contributed by atoms with van der Waals surface area (Å²) in [5.74, 6) is -0.667. The molecule has 0 saturated carbocycles. The van der Waals surface area contributed by atoms with Crippen LogP contribution in [0.1, 0.15) is 16.2 Å². The van der Waals surface area contributed by atoms with Crippen molar-refractivity contribution in [3.8, 4) is 5.69 Å². The third-order valence-electron chi connectivity index (χ3n) is 2.09. The number of benzene rings is 1. The lowest BCUT2D eigenvalue weighted by Crippen LogP contribution is -2.20. The fourth-order valence-corrected chi connectivity index (χ4v) is 1.32. The van der Waals surface area contributed by atoms with E-state index in [1.54, 1.807) is 6.92 Å². The molecular weight excluding hydrogens is 208 g/mol. The lowest BCUT2D eigenvalue weighted by atomic mass is 10.3. The van der Waals surface area contributed by atoms with Crippen LogP contribution in [0.5, 0.6) is 0 Å². The Labute approximate surface area is 91.5 Å². The van der Waals surface area contributed by atoms with Crippen LogP contribution in [0.15, 0.2) is 30.3 Å². The Kier molecular flexibility index (Phi) is 2.65. The Bertz CT molecular complexity index is 507. The molecule has 2 aromatic rings. The topological polar surface area (TPSA) is 80.0 Å². The number of amides is 1. The summed E-state index contributed by atoms with van der Waals surface area (Å²) in [6.45, 7) is 1.65. The van der Waals surface area contributed by atoms with Gasteiger partial charge in [0, 0.05) is 0 Å². The molecule has 0 spiro atoms. The van der Waals surface area contributed by atoms with E-state index in [9.17, 15) is 4.79 Å². The Morgan fingerprint density at radius 2 is 2.00 bits per heavy atom. The molecule has 0 saturated heterocycles. The van der Waals surface area contributed by atoms with Crippen LogP contribution in [0.25, 0.3) is 5.69 Å². The first-order chi connectivity index (χ1) is 7.72. The largest absolute Gasteiger partial charge is 0.297 e. The second kappa shape index (κ2) is 4.11. The lowest BCUT2D eigenvalue weighted by Gasteiger charge is -1.96. The second-order valence-corrected chi connectivity index (χ2v) is 3.20. The zero-order valence-corrected chi connectivity index (χ0v) is 8.58. The number of nitrogens with one attached hydrogen (secondary N) is 1. The van der Waals surface area contributed by atoms with E-state index < -0.39 is 5.91 Å². The second-order valence-electron chi connectivity index (χ2n) is 3.20. The van der Waals surface area contributed by atoms with Crippen molar-refractivity contribution >= 4 is 5.91 Å². The summed E-state index contributed by atoms with van der Waals surface area (Å²) in [6.07, 6.45) is 0. The third kappa shape index (κ3) is 1.78. The maximum atomic E-state index is 11.2. The Morgan fingerprint density at radius 3 is 2.62 bits per heavy atom. The van der Waals surface area contributed by atoms with Crippen molar-refractivity contribution in [3.05, 3.63) is 41.7 Å². The molecule has 0 fully saturated rings. The molecule has 0 aliphatic carbocycles. The smallest absolute Gasteiger partial charge is 0.288 e. The minimum atomic E-state index is -0.667. The van der Waals surface area contributed by atoms with E-state index in [0.29, 0.717) is 5.69 Å². The maximum absolute atomic E-state index is 11.2. The molecule has 16 heavy (non-hydrogen) atoms. The predicted octanol–water partition coefficient (Wildman–Crippen LogP) is 0.695. The van der Waals surface area contributed by atoms with Crippen LogP contribution >= 0.6 is 0 Å². The van der Waals surface area contributed by atoms with Gasteiger partial charge >= 0.3 is 0 Å². The number of para-hydroxylation sites is 1.